The van der Waals surface area contributed by atoms with Crippen LogP contribution in [0.25, 0.3) is 0 Å². The molecule has 11 heteroatoms. The lowest BCUT2D eigenvalue weighted by Gasteiger charge is -2.22. The summed E-state index contributed by atoms with van der Waals surface area (Å²) in [6.45, 7) is -0.103. The van der Waals surface area contributed by atoms with Gasteiger partial charge in [-0.2, -0.15) is 13.2 Å². The van der Waals surface area contributed by atoms with Crippen molar-refractivity contribution in [2.75, 3.05) is 22.8 Å². The summed E-state index contributed by atoms with van der Waals surface area (Å²) < 4.78 is 71.7. The fraction of sp³-hybridized carbons (Fsp3) is 0.143. The van der Waals surface area contributed by atoms with Crippen LogP contribution < -0.4 is 14.4 Å². The van der Waals surface area contributed by atoms with Gasteiger partial charge in [-0.3, -0.25) is 14.1 Å². The van der Waals surface area contributed by atoms with E-state index in [1.54, 1.807) is 12.1 Å². The number of hydrogen-bond donors (Lipinski definition) is 1. The predicted octanol–water partition coefficient (Wildman–Crippen LogP) is 3.94. The van der Waals surface area contributed by atoms with Crippen molar-refractivity contribution in [2.45, 2.75) is 11.1 Å². The molecule has 0 aliphatic carbocycles. The number of benzene rings is 2. The molecule has 0 saturated carbocycles. The van der Waals surface area contributed by atoms with Crippen LogP contribution in [0.1, 0.15) is 15.9 Å². The van der Waals surface area contributed by atoms with Crippen LogP contribution in [-0.4, -0.2) is 32.5 Å². The molecule has 1 aliphatic rings. The second-order valence-corrected chi connectivity index (χ2v) is 8.66. The number of nitrogens with one attached hydrogen (secondary N) is 1. The van der Waals surface area contributed by atoms with Gasteiger partial charge in [0.1, 0.15) is 17.3 Å². The number of sulfonamides is 1. The number of carbonyl (C=O) groups is 1. The molecule has 0 bridgehead atoms. The van der Waals surface area contributed by atoms with Crippen molar-refractivity contribution in [3.05, 3.63) is 78.1 Å². The van der Waals surface area contributed by atoms with Crippen LogP contribution in [0.2, 0.25) is 0 Å². The lowest BCUT2D eigenvalue weighted by molar-refractivity contribution is -0.137. The van der Waals surface area contributed by atoms with Crippen LogP contribution in [-0.2, 0) is 16.2 Å². The first-order chi connectivity index (χ1) is 15.2. The number of aromatic nitrogens is 1. The van der Waals surface area contributed by atoms with E-state index in [-0.39, 0.29) is 40.7 Å². The summed E-state index contributed by atoms with van der Waals surface area (Å²) >= 11 is 0. The zero-order chi connectivity index (χ0) is 22.9. The molecule has 2 heterocycles. The molecular weight excluding hydrogens is 447 g/mol. The number of fused-ring (bicyclic) bond motifs is 1. The van der Waals surface area contributed by atoms with Crippen molar-refractivity contribution in [2.24, 2.45) is 0 Å². The van der Waals surface area contributed by atoms with Gasteiger partial charge >= 0.3 is 6.18 Å². The highest BCUT2D eigenvalue weighted by atomic mass is 32.2. The third-order valence-electron chi connectivity index (χ3n) is 4.73. The fourth-order valence-corrected chi connectivity index (χ4v) is 4.78. The summed E-state index contributed by atoms with van der Waals surface area (Å²) in [6.07, 6.45) is -1.66. The monoisotopic (exact) mass is 463 g/mol. The van der Waals surface area contributed by atoms with Gasteiger partial charge in [-0.25, -0.2) is 8.42 Å². The maximum absolute atomic E-state index is 13.3. The Bertz CT molecular complexity index is 1250. The minimum Gasteiger partial charge on any atom is -0.490 e. The molecule has 2 aromatic carbocycles. The molecular formula is C21H16F3N3O4S. The number of anilines is 2. The van der Waals surface area contributed by atoms with Gasteiger partial charge in [0.25, 0.3) is 15.9 Å². The molecule has 1 amide bonds. The number of hydrogen-bond acceptors (Lipinski definition) is 5. The van der Waals surface area contributed by atoms with Crippen LogP contribution in [0.15, 0.2) is 71.9 Å². The van der Waals surface area contributed by atoms with Crippen LogP contribution in [0.4, 0.5) is 24.5 Å². The third kappa shape index (κ3) is 4.24. The summed E-state index contributed by atoms with van der Waals surface area (Å²) in [7, 11) is -4.18. The van der Waals surface area contributed by atoms with E-state index in [1.165, 1.54) is 30.6 Å². The Balaban J connectivity index is 1.66. The van der Waals surface area contributed by atoms with Crippen molar-refractivity contribution in [1.29, 1.82) is 0 Å². The van der Waals surface area contributed by atoms with Gasteiger partial charge in [0, 0.05) is 18.1 Å². The lowest BCUT2D eigenvalue weighted by Crippen LogP contribution is -2.32. The van der Waals surface area contributed by atoms with Crippen molar-refractivity contribution >= 4 is 27.3 Å². The topological polar surface area (TPSA) is 88.6 Å². The van der Waals surface area contributed by atoms with Gasteiger partial charge < -0.3 is 10.1 Å². The Kier molecular flexibility index (Phi) is 5.51. The van der Waals surface area contributed by atoms with Gasteiger partial charge in [0.2, 0.25) is 0 Å². The Labute approximate surface area is 181 Å². The molecule has 7 nitrogen and oxygen atoms in total. The second-order valence-electron chi connectivity index (χ2n) is 6.83. The Hall–Kier alpha value is -3.60. The van der Waals surface area contributed by atoms with Crippen LogP contribution in [0.5, 0.6) is 5.75 Å². The fourth-order valence-electron chi connectivity index (χ4n) is 3.17. The molecule has 1 aromatic heterocycles. The van der Waals surface area contributed by atoms with E-state index >= 15 is 0 Å². The van der Waals surface area contributed by atoms with Gasteiger partial charge in [-0.05, 0) is 54.6 Å². The van der Waals surface area contributed by atoms with E-state index < -0.39 is 27.7 Å². The van der Waals surface area contributed by atoms with Crippen molar-refractivity contribution in [3.63, 3.8) is 0 Å². The molecule has 0 saturated heterocycles. The molecule has 3 aromatic rings. The zero-order valence-electron chi connectivity index (χ0n) is 16.3. The standard InChI is InChI=1S/C21H16F3N3O4S/c22-21(23,24)15-3-6-17(7-4-15)27-10-11-31-18-8-5-16(12-19(18)32(27,29)30)26-20(28)14-2-1-9-25-13-14/h1-9,12-13H,10-11H2,(H,26,28). The maximum Gasteiger partial charge on any atom is 0.416 e. The molecule has 166 valence electrons. The normalized spacial score (nSPS) is 15.3. The Morgan fingerprint density at radius 1 is 1.09 bits per heavy atom. The number of halogens is 3. The molecule has 1 N–H and O–H groups in total. The lowest BCUT2D eigenvalue weighted by atomic mass is 10.2. The molecule has 0 radical (unpaired) electrons. The minimum atomic E-state index is -4.53. The number of amides is 1. The number of nitrogens with zero attached hydrogens (tertiary/aromatic N) is 2. The van der Waals surface area contributed by atoms with Gasteiger partial charge in [-0.1, -0.05) is 0 Å². The molecule has 0 atom stereocenters. The number of carbonyl (C=O) groups excluding carboxylic acids is 1. The first kappa shape index (κ1) is 21.6. The highest BCUT2D eigenvalue weighted by Crippen LogP contribution is 2.36. The van der Waals surface area contributed by atoms with Crippen molar-refractivity contribution in [3.8, 4) is 5.75 Å². The summed E-state index contributed by atoms with van der Waals surface area (Å²) in [4.78, 5) is 16.0. The summed E-state index contributed by atoms with van der Waals surface area (Å²) in [5.74, 6) is -0.400. The largest absolute Gasteiger partial charge is 0.490 e. The molecule has 1 aliphatic heterocycles. The number of ether oxygens (including phenoxy) is 1. The van der Waals surface area contributed by atoms with Crippen LogP contribution in [0.3, 0.4) is 0 Å². The third-order valence-corrected chi connectivity index (χ3v) is 6.58. The van der Waals surface area contributed by atoms with E-state index in [9.17, 15) is 26.4 Å². The van der Waals surface area contributed by atoms with Gasteiger partial charge in [0.05, 0.1) is 23.4 Å². The highest BCUT2D eigenvalue weighted by molar-refractivity contribution is 7.93. The highest BCUT2D eigenvalue weighted by Gasteiger charge is 2.33. The summed E-state index contributed by atoms with van der Waals surface area (Å²) in [5.41, 5.74) is -0.322. The average molecular weight is 463 g/mol. The smallest absolute Gasteiger partial charge is 0.416 e. The molecule has 0 unspecified atom stereocenters. The maximum atomic E-state index is 13.3. The predicted molar refractivity (Wildman–Crippen MR) is 110 cm³/mol. The quantitative estimate of drug-likeness (QED) is 0.636. The van der Waals surface area contributed by atoms with Gasteiger partial charge in [-0.15, -0.1) is 0 Å². The van der Waals surface area contributed by atoms with Crippen LogP contribution in [0, 0.1) is 0 Å². The molecule has 0 spiro atoms. The number of alkyl halides is 3. The van der Waals surface area contributed by atoms with Gasteiger partial charge in [0.15, 0.2) is 0 Å². The van der Waals surface area contributed by atoms with E-state index in [0.717, 1.165) is 28.6 Å². The number of rotatable bonds is 3. The van der Waals surface area contributed by atoms with Crippen molar-refractivity contribution < 1.29 is 31.1 Å². The SMILES string of the molecule is O=C(Nc1ccc2c(c1)S(=O)(=O)N(c1ccc(C(F)(F)F)cc1)CCO2)c1cccnc1. The molecule has 0 fully saturated rings. The molecule has 32 heavy (non-hydrogen) atoms. The minimum absolute atomic E-state index is 0.00531. The first-order valence-electron chi connectivity index (χ1n) is 9.34. The zero-order valence-corrected chi connectivity index (χ0v) is 17.2. The second kappa shape index (κ2) is 8.15. The number of pyridine rings is 1. The first-order valence-corrected chi connectivity index (χ1v) is 10.8. The van der Waals surface area contributed by atoms with E-state index in [2.05, 4.69) is 10.3 Å². The summed E-state index contributed by atoms with van der Waals surface area (Å²) in [5, 5.41) is 2.60. The van der Waals surface area contributed by atoms with E-state index in [4.69, 9.17) is 4.74 Å². The van der Waals surface area contributed by atoms with Crippen LogP contribution >= 0.6 is 0 Å². The van der Waals surface area contributed by atoms with E-state index in [0.29, 0.717) is 0 Å². The van der Waals surface area contributed by atoms with Crippen molar-refractivity contribution in [1.82, 2.24) is 4.98 Å². The Morgan fingerprint density at radius 3 is 2.50 bits per heavy atom. The average Bonchev–Trinajstić information content (AvgIpc) is 2.89. The molecule has 4 rings (SSSR count). The Morgan fingerprint density at radius 2 is 1.84 bits per heavy atom. The summed E-state index contributed by atoms with van der Waals surface area (Å²) in [6, 6.07) is 11.1. The van der Waals surface area contributed by atoms with E-state index in [1.807, 2.05) is 0 Å².